The number of hydrogen-bond donors (Lipinski definition) is 2. The minimum Gasteiger partial charge on any atom is -0.504 e. The zero-order valence-electron chi connectivity index (χ0n) is 22.0. The lowest BCUT2D eigenvalue weighted by Gasteiger charge is -2.64. The van der Waals surface area contributed by atoms with Gasteiger partial charge in [-0.15, -0.1) is 0 Å². The standard InChI is InChI=1S/C30H33N3O6/c1-31(25(35)10-7-18-3-2-4-21(15-18)33(37)38)22-11-12-30(36)24-16-20-8-9-23(34)27-26(20)29(30,28(22)39-27)13-14-32(24)17-19-5-6-19/h2-4,7-10,15,19,22,24,28,34,36H,5-6,11-14,16-17H2,1H3/t22-,24-,28+,29+,30+/m1/s1. The van der Waals surface area contributed by atoms with Crippen molar-refractivity contribution in [3.63, 3.8) is 0 Å². The molecule has 1 saturated heterocycles. The first-order valence-electron chi connectivity index (χ1n) is 13.9. The summed E-state index contributed by atoms with van der Waals surface area (Å²) >= 11 is 0. The van der Waals surface area contributed by atoms with Gasteiger partial charge in [0.25, 0.3) is 5.69 Å². The topological polar surface area (TPSA) is 116 Å². The number of phenols is 1. The van der Waals surface area contributed by atoms with Crippen molar-refractivity contribution in [2.24, 2.45) is 5.92 Å². The summed E-state index contributed by atoms with van der Waals surface area (Å²) in [6, 6.07) is 9.51. The molecule has 3 fully saturated rings. The van der Waals surface area contributed by atoms with E-state index < -0.39 is 22.0 Å². The fourth-order valence-corrected chi connectivity index (χ4v) is 8.04. The molecule has 2 heterocycles. The van der Waals surface area contributed by atoms with E-state index in [-0.39, 0.29) is 29.4 Å². The number of hydrogen-bond acceptors (Lipinski definition) is 7. The van der Waals surface area contributed by atoms with E-state index in [4.69, 9.17) is 4.74 Å². The van der Waals surface area contributed by atoms with E-state index >= 15 is 0 Å². The molecule has 0 aromatic heterocycles. The highest BCUT2D eigenvalue weighted by Gasteiger charge is 2.73. The largest absolute Gasteiger partial charge is 0.504 e. The van der Waals surface area contributed by atoms with Crippen molar-refractivity contribution in [1.29, 1.82) is 0 Å². The van der Waals surface area contributed by atoms with Crippen LogP contribution in [0.25, 0.3) is 6.08 Å². The molecule has 1 amide bonds. The van der Waals surface area contributed by atoms with E-state index in [0.717, 1.165) is 30.6 Å². The number of benzene rings is 2. The maximum atomic E-state index is 13.4. The average Bonchev–Trinajstić information content (AvgIpc) is 3.67. The predicted octanol–water partition coefficient (Wildman–Crippen LogP) is 3.40. The number of piperidine rings is 1. The quantitative estimate of drug-likeness (QED) is 0.333. The van der Waals surface area contributed by atoms with Crippen LogP contribution >= 0.6 is 0 Å². The molecule has 2 N–H and O–H groups in total. The number of phenolic OH excluding ortho intramolecular Hbond substituents is 1. The smallest absolute Gasteiger partial charge is 0.270 e. The first kappa shape index (κ1) is 24.6. The SMILES string of the molecule is CN(C(=O)C=Cc1cccc([N+](=O)[O-])c1)[C@@H]1CC[C@]2(O)[C@H]3Cc4ccc(O)c5c4[C@@]2(CCN3CC2CC2)[C@H]1O5. The zero-order chi connectivity index (χ0) is 27.1. The molecule has 2 aromatic rings. The summed E-state index contributed by atoms with van der Waals surface area (Å²) in [5.74, 6) is 1.02. The van der Waals surface area contributed by atoms with Gasteiger partial charge < -0.3 is 19.8 Å². The summed E-state index contributed by atoms with van der Waals surface area (Å²) in [5, 5.41) is 34.5. The number of likely N-dealkylation sites (tertiary alicyclic amines) is 1. The van der Waals surface area contributed by atoms with Gasteiger partial charge >= 0.3 is 0 Å². The summed E-state index contributed by atoms with van der Waals surface area (Å²) in [7, 11) is 1.75. The van der Waals surface area contributed by atoms with Crippen LogP contribution in [0, 0.1) is 16.0 Å². The van der Waals surface area contributed by atoms with Gasteiger partial charge in [0.1, 0.15) is 6.10 Å². The lowest BCUT2D eigenvalue weighted by molar-refractivity contribution is -0.384. The highest BCUT2D eigenvalue weighted by molar-refractivity contribution is 5.92. The van der Waals surface area contributed by atoms with Crippen molar-refractivity contribution in [3.8, 4) is 11.5 Å². The molecule has 5 atom stereocenters. The Morgan fingerprint density at radius 1 is 1.26 bits per heavy atom. The van der Waals surface area contributed by atoms with Crippen molar-refractivity contribution in [2.75, 3.05) is 20.1 Å². The molecule has 9 nitrogen and oxygen atoms in total. The number of aromatic hydroxyl groups is 1. The van der Waals surface area contributed by atoms with Gasteiger partial charge in [-0.1, -0.05) is 18.2 Å². The Morgan fingerprint density at radius 2 is 2.08 bits per heavy atom. The number of ether oxygens (including phenoxy) is 1. The number of aliphatic hydroxyl groups is 1. The Bertz CT molecular complexity index is 1410. The minimum atomic E-state index is -1.00. The van der Waals surface area contributed by atoms with Crippen LogP contribution in [0.15, 0.2) is 42.5 Å². The van der Waals surface area contributed by atoms with E-state index in [1.54, 1.807) is 36.2 Å². The van der Waals surface area contributed by atoms with Crippen LogP contribution in [0.1, 0.15) is 48.8 Å². The number of nitro benzene ring substituents is 1. The molecule has 3 aliphatic carbocycles. The van der Waals surface area contributed by atoms with Crippen LogP contribution in [0.5, 0.6) is 11.5 Å². The second-order valence-electron chi connectivity index (χ2n) is 12.0. The van der Waals surface area contributed by atoms with Gasteiger partial charge in [0.05, 0.1) is 22.0 Å². The molecular weight excluding hydrogens is 498 g/mol. The van der Waals surface area contributed by atoms with Crippen molar-refractivity contribution < 1.29 is 24.7 Å². The van der Waals surface area contributed by atoms with Gasteiger partial charge in [0.15, 0.2) is 11.5 Å². The van der Waals surface area contributed by atoms with E-state index in [0.29, 0.717) is 36.5 Å². The molecule has 5 aliphatic rings. The number of carbonyl (C=O) groups excluding carboxylic acids is 1. The Hall–Kier alpha value is -3.43. The molecular formula is C30H33N3O6. The Kier molecular flexibility index (Phi) is 5.38. The summed E-state index contributed by atoms with van der Waals surface area (Å²) in [6.45, 7) is 1.87. The first-order valence-corrected chi connectivity index (χ1v) is 13.9. The predicted molar refractivity (Wildman–Crippen MR) is 143 cm³/mol. The van der Waals surface area contributed by atoms with Crippen LogP contribution in [-0.2, 0) is 16.6 Å². The van der Waals surface area contributed by atoms with Crippen LogP contribution in [0.3, 0.4) is 0 Å². The molecule has 204 valence electrons. The number of amides is 1. The van der Waals surface area contributed by atoms with Gasteiger partial charge in [0.2, 0.25) is 5.91 Å². The number of carbonyl (C=O) groups is 1. The number of non-ortho nitro benzene ring substituents is 1. The molecule has 2 aliphatic heterocycles. The molecule has 2 aromatic carbocycles. The van der Waals surface area contributed by atoms with Gasteiger partial charge in [-0.25, -0.2) is 0 Å². The van der Waals surface area contributed by atoms with Crippen molar-refractivity contribution in [3.05, 3.63) is 69.3 Å². The van der Waals surface area contributed by atoms with Crippen LogP contribution in [0.2, 0.25) is 0 Å². The van der Waals surface area contributed by atoms with E-state index in [9.17, 15) is 25.1 Å². The monoisotopic (exact) mass is 531 g/mol. The van der Waals surface area contributed by atoms with Crippen LogP contribution < -0.4 is 4.74 Å². The normalized spacial score (nSPS) is 32.5. The molecule has 0 unspecified atom stereocenters. The van der Waals surface area contributed by atoms with Crippen LogP contribution in [-0.4, -0.2) is 74.8 Å². The Morgan fingerprint density at radius 3 is 2.85 bits per heavy atom. The number of rotatable bonds is 6. The van der Waals surface area contributed by atoms with E-state index in [1.165, 1.54) is 31.1 Å². The van der Waals surface area contributed by atoms with E-state index in [2.05, 4.69) is 4.90 Å². The summed E-state index contributed by atoms with van der Waals surface area (Å²) < 4.78 is 6.57. The van der Waals surface area contributed by atoms with Crippen molar-refractivity contribution in [2.45, 2.75) is 67.7 Å². The third-order valence-electron chi connectivity index (χ3n) is 10.1. The fourth-order valence-electron chi connectivity index (χ4n) is 8.04. The van der Waals surface area contributed by atoms with Gasteiger partial charge in [-0.05, 0) is 74.3 Å². The van der Waals surface area contributed by atoms with Crippen molar-refractivity contribution >= 4 is 17.7 Å². The zero-order valence-corrected chi connectivity index (χ0v) is 22.0. The third kappa shape index (κ3) is 3.49. The molecule has 39 heavy (non-hydrogen) atoms. The Balaban J connectivity index is 1.22. The van der Waals surface area contributed by atoms with Gasteiger partial charge in [-0.3, -0.25) is 19.8 Å². The van der Waals surface area contributed by atoms with Crippen LogP contribution in [0.4, 0.5) is 5.69 Å². The summed E-state index contributed by atoms with van der Waals surface area (Å²) in [6.07, 6.45) is 7.62. The average molecular weight is 532 g/mol. The lowest BCUT2D eigenvalue weighted by Crippen LogP contribution is -2.78. The first-order chi connectivity index (χ1) is 18.7. The fraction of sp³-hybridized carbons (Fsp3) is 0.500. The second kappa shape index (κ2) is 8.53. The Labute approximate surface area is 226 Å². The minimum absolute atomic E-state index is 0.0170. The highest BCUT2D eigenvalue weighted by atomic mass is 16.6. The second-order valence-corrected chi connectivity index (χ2v) is 12.0. The maximum Gasteiger partial charge on any atom is 0.270 e. The molecule has 0 radical (unpaired) electrons. The third-order valence-corrected chi connectivity index (χ3v) is 10.1. The van der Waals surface area contributed by atoms with E-state index in [1.807, 2.05) is 6.07 Å². The van der Waals surface area contributed by atoms with Crippen molar-refractivity contribution in [1.82, 2.24) is 9.80 Å². The number of nitrogens with zero attached hydrogens (tertiary/aromatic N) is 3. The molecule has 7 rings (SSSR count). The molecule has 1 spiro atoms. The molecule has 2 saturated carbocycles. The number of nitro groups is 1. The number of likely N-dealkylation sites (N-methyl/N-ethyl adjacent to an activating group) is 1. The lowest BCUT2D eigenvalue weighted by atomic mass is 9.48. The van der Waals surface area contributed by atoms with Gasteiger partial charge in [-0.2, -0.15) is 0 Å². The van der Waals surface area contributed by atoms with Gasteiger partial charge in [0, 0.05) is 43.4 Å². The molecule has 9 heteroatoms. The summed E-state index contributed by atoms with van der Waals surface area (Å²) in [4.78, 5) is 28.2. The highest BCUT2D eigenvalue weighted by Crippen LogP contribution is 2.66. The summed E-state index contributed by atoms with van der Waals surface area (Å²) in [5.41, 5.74) is 0.906. The molecule has 2 bridgehead atoms. The maximum absolute atomic E-state index is 13.4.